The molecular formula is C18H23F6N3O. The van der Waals surface area contributed by atoms with E-state index in [2.05, 4.69) is 15.6 Å². The molecule has 0 spiro atoms. The Morgan fingerprint density at radius 1 is 1.11 bits per heavy atom. The second-order valence-corrected chi connectivity index (χ2v) is 6.69. The molecule has 0 bridgehead atoms. The lowest BCUT2D eigenvalue weighted by Gasteiger charge is -2.38. The zero-order valence-corrected chi connectivity index (χ0v) is 15.4. The minimum absolute atomic E-state index is 0.169. The van der Waals surface area contributed by atoms with Crippen molar-refractivity contribution in [2.24, 2.45) is 4.99 Å². The van der Waals surface area contributed by atoms with Gasteiger partial charge in [-0.05, 0) is 24.5 Å². The molecular weight excluding hydrogens is 388 g/mol. The highest BCUT2D eigenvalue weighted by atomic mass is 19.4. The second-order valence-electron chi connectivity index (χ2n) is 6.69. The van der Waals surface area contributed by atoms with Gasteiger partial charge in [0.15, 0.2) is 5.96 Å². The summed E-state index contributed by atoms with van der Waals surface area (Å²) in [4.78, 5) is 3.89. The van der Waals surface area contributed by atoms with Gasteiger partial charge in [-0.2, -0.15) is 26.3 Å². The molecule has 1 aromatic rings. The molecule has 1 fully saturated rings. The normalized spacial score (nSPS) is 18.0. The van der Waals surface area contributed by atoms with Crippen molar-refractivity contribution in [2.45, 2.75) is 37.0 Å². The number of rotatable bonds is 5. The lowest BCUT2D eigenvalue weighted by atomic mass is 9.73. The van der Waals surface area contributed by atoms with Crippen LogP contribution in [0.1, 0.15) is 30.4 Å². The molecule has 4 nitrogen and oxygen atoms in total. The number of hydrogen-bond acceptors (Lipinski definition) is 2. The quantitative estimate of drug-likeness (QED) is 0.439. The van der Waals surface area contributed by atoms with Crippen LogP contribution in [0.3, 0.4) is 0 Å². The molecule has 1 saturated heterocycles. The Labute approximate surface area is 159 Å². The van der Waals surface area contributed by atoms with E-state index < -0.39 is 29.8 Å². The third-order valence-corrected chi connectivity index (χ3v) is 4.77. The van der Waals surface area contributed by atoms with Crippen LogP contribution in [0, 0.1) is 0 Å². The Morgan fingerprint density at radius 2 is 1.79 bits per heavy atom. The van der Waals surface area contributed by atoms with Crippen molar-refractivity contribution >= 4 is 5.96 Å². The summed E-state index contributed by atoms with van der Waals surface area (Å²) in [5.74, 6) is 0.169. The van der Waals surface area contributed by atoms with Gasteiger partial charge in [0.25, 0.3) is 0 Å². The molecule has 2 N–H and O–H groups in total. The van der Waals surface area contributed by atoms with E-state index in [0.717, 1.165) is 12.1 Å². The molecule has 0 saturated carbocycles. The second kappa shape index (κ2) is 9.02. The summed E-state index contributed by atoms with van der Waals surface area (Å²) in [6, 6.07) is 5.16. The Bertz CT molecular complexity index is 666. The molecule has 0 aromatic heterocycles. The van der Waals surface area contributed by atoms with Crippen LogP contribution >= 0.6 is 0 Å². The summed E-state index contributed by atoms with van der Waals surface area (Å²) >= 11 is 0. The fraction of sp³-hybridized carbons (Fsp3) is 0.611. The summed E-state index contributed by atoms with van der Waals surface area (Å²) in [6.07, 6.45) is -8.78. The van der Waals surface area contributed by atoms with E-state index in [1.165, 1.54) is 13.1 Å². The van der Waals surface area contributed by atoms with E-state index in [4.69, 9.17) is 4.74 Å². The van der Waals surface area contributed by atoms with Gasteiger partial charge in [0.2, 0.25) is 0 Å². The van der Waals surface area contributed by atoms with Crippen LogP contribution in [0.4, 0.5) is 26.3 Å². The predicted octanol–water partition coefficient (Wildman–Crippen LogP) is 3.87. The summed E-state index contributed by atoms with van der Waals surface area (Å²) in [6.45, 7) is 0.655. The third-order valence-electron chi connectivity index (χ3n) is 4.77. The van der Waals surface area contributed by atoms with E-state index in [0.29, 0.717) is 31.6 Å². The highest BCUT2D eigenvalue weighted by Gasteiger charge is 2.37. The number of nitrogens with one attached hydrogen (secondary N) is 2. The van der Waals surface area contributed by atoms with Crippen LogP contribution in [-0.2, 0) is 16.3 Å². The van der Waals surface area contributed by atoms with Crippen LogP contribution in [0.15, 0.2) is 29.3 Å². The van der Waals surface area contributed by atoms with Gasteiger partial charge in [-0.1, -0.05) is 18.2 Å². The highest BCUT2D eigenvalue weighted by Crippen LogP contribution is 2.37. The topological polar surface area (TPSA) is 45.7 Å². The third kappa shape index (κ3) is 6.29. The lowest BCUT2D eigenvalue weighted by Crippen LogP contribution is -2.48. The molecule has 0 atom stereocenters. The fourth-order valence-electron chi connectivity index (χ4n) is 3.15. The first kappa shape index (κ1) is 22.3. The van der Waals surface area contributed by atoms with Gasteiger partial charge < -0.3 is 15.4 Å². The minimum Gasteiger partial charge on any atom is -0.381 e. The molecule has 28 heavy (non-hydrogen) atoms. The van der Waals surface area contributed by atoms with Crippen LogP contribution in [0.25, 0.3) is 0 Å². The van der Waals surface area contributed by atoms with E-state index in [1.54, 1.807) is 6.07 Å². The van der Waals surface area contributed by atoms with E-state index in [1.807, 2.05) is 0 Å². The zero-order valence-electron chi connectivity index (χ0n) is 15.4. The maximum Gasteiger partial charge on any atom is 0.416 e. The van der Waals surface area contributed by atoms with Crippen molar-refractivity contribution in [1.82, 2.24) is 10.6 Å². The number of guanidine groups is 1. The smallest absolute Gasteiger partial charge is 0.381 e. The molecule has 1 heterocycles. The number of alkyl halides is 6. The number of hydrogen-bond donors (Lipinski definition) is 2. The average Bonchev–Trinajstić information content (AvgIpc) is 2.64. The van der Waals surface area contributed by atoms with Crippen molar-refractivity contribution in [1.29, 1.82) is 0 Å². The molecule has 158 valence electrons. The molecule has 1 aliphatic rings. The molecule has 1 aliphatic heterocycles. The lowest BCUT2D eigenvalue weighted by molar-refractivity contribution is -0.137. The Kier molecular flexibility index (Phi) is 7.19. The largest absolute Gasteiger partial charge is 0.416 e. The van der Waals surface area contributed by atoms with E-state index >= 15 is 0 Å². The Morgan fingerprint density at radius 3 is 2.36 bits per heavy atom. The van der Waals surface area contributed by atoms with Crippen LogP contribution < -0.4 is 10.6 Å². The number of aliphatic imine (C=N–C) groups is 1. The number of benzene rings is 1. The zero-order chi connectivity index (χ0) is 20.8. The number of nitrogens with zero attached hydrogens (tertiary/aromatic N) is 1. The first-order chi connectivity index (χ1) is 13.1. The van der Waals surface area contributed by atoms with Crippen molar-refractivity contribution in [3.05, 3.63) is 35.4 Å². The average molecular weight is 411 g/mol. The van der Waals surface area contributed by atoms with Gasteiger partial charge in [0.05, 0.1) is 12.0 Å². The Balaban J connectivity index is 2.13. The van der Waals surface area contributed by atoms with Crippen LogP contribution in [0.2, 0.25) is 0 Å². The van der Waals surface area contributed by atoms with Crippen molar-refractivity contribution in [3.8, 4) is 0 Å². The summed E-state index contributed by atoms with van der Waals surface area (Å²) in [7, 11) is 1.42. The van der Waals surface area contributed by atoms with Gasteiger partial charge in [-0.3, -0.25) is 4.99 Å². The van der Waals surface area contributed by atoms with Crippen LogP contribution in [-0.4, -0.2) is 45.5 Å². The van der Waals surface area contributed by atoms with Crippen molar-refractivity contribution < 1.29 is 31.1 Å². The van der Waals surface area contributed by atoms with Gasteiger partial charge in [0.1, 0.15) is 0 Å². The summed E-state index contributed by atoms with van der Waals surface area (Å²) in [5, 5.41) is 5.54. The van der Waals surface area contributed by atoms with Gasteiger partial charge in [-0.25, -0.2) is 0 Å². The molecule has 0 amide bonds. The van der Waals surface area contributed by atoms with Crippen molar-refractivity contribution in [3.63, 3.8) is 0 Å². The highest BCUT2D eigenvalue weighted by molar-refractivity contribution is 5.79. The maximum absolute atomic E-state index is 13.1. The van der Waals surface area contributed by atoms with E-state index in [9.17, 15) is 26.3 Å². The predicted molar refractivity (Wildman–Crippen MR) is 93.2 cm³/mol. The number of halogens is 6. The fourth-order valence-corrected chi connectivity index (χ4v) is 3.15. The SMILES string of the molecule is CN=C(NCCC(F)(F)F)NCC1(c2cccc(C(F)(F)F)c2)CCOCC1. The molecule has 0 unspecified atom stereocenters. The van der Waals surface area contributed by atoms with E-state index in [-0.39, 0.29) is 19.0 Å². The summed E-state index contributed by atoms with van der Waals surface area (Å²) < 4.78 is 81.6. The molecule has 2 rings (SSSR count). The molecule has 0 radical (unpaired) electrons. The van der Waals surface area contributed by atoms with Crippen molar-refractivity contribution in [2.75, 3.05) is 33.4 Å². The first-order valence-electron chi connectivity index (χ1n) is 8.82. The first-order valence-corrected chi connectivity index (χ1v) is 8.82. The molecule has 10 heteroatoms. The summed E-state index contributed by atoms with van der Waals surface area (Å²) in [5.41, 5.74) is -0.853. The number of ether oxygens (including phenoxy) is 1. The molecule has 1 aromatic carbocycles. The monoisotopic (exact) mass is 411 g/mol. The van der Waals surface area contributed by atoms with Crippen LogP contribution in [0.5, 0.6) is 0 Å². The van der Waals surface area contributed by atoms with Gasteiger partial charge >= 0.3 is 12.4 Å². The maximum atomic E-state index is 13.1. The standard InChI is InChI=1S/C18H23F6N3O/c1-25-15(26-8-5-17(19,20)21)27-12-16(6-9-28-10-7-16)13-3-2-4-14(11-13)18(22,23)24/h2-4,11H,5-10,12H2,1H3,(H2,25,26,27). The Hall–Kier alpha value is -1.97. The minimum atomic E-state index is -4.45. The van der Waals surface area contributed by atoms with Gasteiger partial charge in [0, 0.05) is 38.8 Å². The molecule has 0 aliphatic carbocycles. The van der Waals surface area contributed by atoms with Gasteiger partial charge in [-0.15, -0.1) is 0 Å².